The van der Waals surface area contributed by atoms with Gasteiger partial charge in [-0.15, -0.1) is 0 Å². The first kappa shape index (κ1) is 47.2. The van der Waals surface area contributed by atoms with Crippen LogP contribution in [0, 0.1) is 0 Å². The van der Waals surface area contributed by atoms with Crippen molar-refractivity contribution in [2.45, 2.75) is 222 Å². The van der Waals surface area contributed by atoms with Crippen LogP contribution in [0.25, 0.3) is 0 Å². The zero-order chi connectivity index (χ0) is 34.6. The summed E-state index contributed by atoms with van der Waals surface area (Å²) in [6, 6.07) is 0. The zero-order valence-corrected chi connectivity index (χ0v) is 35.5. The number of hydrogen-bond acceptors (Lipinski definition) is 3. The van der Waals surface area contributed by atoms with Crippen molar-refractivity contribution in [2.24, 2.45) is 0 Å². The molecule has 0 fully saturated rings. The van der Waals surface area contributed by atoms with Gasteiger partial charge >= 0.3 is 160 Å². The molecular weight excluding hydrogens is 658 g/mol. The van der Waals surface area contributed by atoms with E-state index in [0.717, 1.165) is 19.3 Å². The van der Waals surface area contributed by atoms with Crippen molar-refractivity contribution in [1.82, 2.24) is 0 Å². The van der Waals surface area contributed by atoms with Crippen LogP contribution in [0.1, 0.15) is 200 Å². The maximum absolute atomic E-state index is 13.6. The second-order valence-electron chi connectivity index (χ2n) is 15.2. The van der Waals surface area contributed by atoms with Crippen LogP contribution in [0.4, 0.5) is 0 Å². The molecule has 3 nitrogen and oxygen atoms in total. The summed E-state index contributed by atoms with van der Waals surface area (Å²) in [5, 5.41) is 1.22. The fraction of sp³-hybridized carbons (Fsp3) is 0.905. The standard InChI is InChI=1S/C42H85AsO3P/c1-6-8-10-12-14-16-18-20-22-24-26-28-30-32-34-36-40-45-47(44,42-38-39-43(3,4)5)46-41-37-35-33-31-29-27-25-23-21-19-17-15-13-11-9-7-2/h20-23H,6-19,24-42H2,1-5H3/q+1/b22-20-,23-21-. The van der Waals surface area contributed by atoms with E-state index in [0.29, 0.717) is 19.4 Å². The average Bonchev–Trinajstić information content (AvgIpc) is 3.03. The second-order valence-corrected chi connectivity index (χ2v) is 28.0. The van der Waals surface area contributed by atoms with Crippen molar-refractivity contribution in [3.63, 3.8) is 0 Å². The van der Waals surface area contributed by atoms with Gasteiger partial charge < -0.3 is 0 Å². The third-order valence-electron chi connectivity index (χ3n) is 9.15. The van der Waals surface area contributed by atoms with Crippen molar-refractivity contribution in [2.75, 3.05) is 19.4 Å². The Morgan fingerprint density at radius 2 is 0.723 bits per heavy atom. The molecule has 0 amide bonds. The van der Waals surface area contributed by atoms with E-state index in [1.807, 2.05) is 0 Å². The van der Waals surface area contributed by atoms with Crippen molar-refractivity contribution < 1.29 is 13.6 Å². The van der Waals surface area contributed by atoms with Crippen LogP contribution in [0.5, 0.6) is 0 Å². The molecule has 0 aromatic carbocycles. The van der Waals surface area contributed by atoms with E-state index in [1.54, 1.807) is 0 Å². The first-order chi connectivity index (χ1) is 22.8. The maximum atomic E-state index is 13.6. The summed E-state index contributed by atoms with van der Waals surface area (Å²) in [6.07, 6.45) is 47.5. The van der Waals surface area contributed by atoms with Gasteiger partial charge in [-0.25, -0.2) is 0 Å². The SMILES string of the molecule is CCCCCCCC/C=C\CCCCCCCCOP(=O)(CCC[As+](C)(C)C)OCCCCCCCC/C=C\CCCCCCCC. The predicted molar refractivity (Wildman–Crippen MR) is 216 cm³/mol. The second kappa shape index (κ2) is 36.0. The number of hydrogen-bond donors (Lipinski definition) is 0. The fourth-order valence-corrected chi connectivity index (χ4v) is 10.6. The summed E-state index contributed by atoms with van der Waals surface area (Å²) in [5.74, 6) is 0. The van der Waals surface area contributed by atoms with Gasteiger partial charge in [-0.3, -0.25) is 0 Å². The molecule has 0 saturated carbocycles. The normalized spacial score (nSPS) is 12.7. The van der Waals surface area contributed by atoms with E-state index in [2.05, 4.69) is 55.3 Å². The Labute approximate surface area is 299 Å². The number of rotatable bonds is 38. The van der Waals surface area contributed by atoms with Crippen molar-refractivity contribution in [3.8, 4) is 0 Å². The van der Waals surface area contributed by atoms with Crippen LogP contribution < -0.4 is 0 Å². The van der Waals surface area contributed by atoms with E-state index < -0.39 is 21.1 Å². The molecule has 0 heterocycles. The van der Waals surface area contributed by atoms with E-state index in [1.165, 1.54) is 172 Å². The van der Waals surface area contributed by atoms with Crippen LogP contribution in [0.15, 0.2) is 24.3 Å². The van der Waals surface area contributed by atoms with Gasteiger partial charge in [-0.2, -0.15) is 0 Å². The van der Waals surface area contributed by atoms with Crippen LogP contribution in [0.3, 0.4) is 0 Å². The zero-order valence-electron chi connectivity index (χ0n) is 32.8. The average molecular weight is 744 g/mol. The van der Waals surface area contributed by atoms with Gasteiger partial charge in [0.1, 0.15) is 0 Å². The molecule has 280 valence electrons. The molecule has 0 saturated heterocycles. The molecule has 5 heteroatoms. The Morgan fingerprint density at radius 3 is 1.04 bits per heavy atom. The van der Waals surface area contributed by atoms with Gasteiger partial charge in [0.05, 0.1) is 0 Å². The van der Waals surface area contributed by atoms with E-state index in [4.69, 9.17) is 9.05 Å². The first-order valence-electron chi connectivity index (χ1n) is 20.8. The Kier molecular flexibility index (Phi) is 36.1. The summed E-state index contributed by atoms with van der Waals surface area (Å²) in [5.41, 5.74) is 7.26. The van der Waals surface area contributed by atoms with Crippen LogP contribution in [-0.4, -0.2) is 32.9 Å². The molecule has 0 N–H and O–H groups in total. The van der Waals surface area contributed by atoms with Gasteiger partial charge in [0.2, 0.25) is 0 Å². The predicted octanol–water partition coefficient (Wildman–Crippen LogP) is 16.0. The summed E-state index contributed by atoms with van der Waals surface area (Å²) >= 11 is -1.49. The molecule has 0 spiro atoms. The molecule has 0 aliphatic rings. The minimum Gasteiger partial charge on any atom is -0.0885 e. The van der Waals surface area contributed by atoms with Crippen molar-refractivity contribution in [1.29, 1.82) is 0 Å². The molecule has 0 bridgehead atoms. The van der Waals surface area contributed by atoms with Crippen LogP contribution in [-0.2, 0) is 13.6 Å². The molecule has 0 unspecified atom stereocenters. The Hall–Kier alpha value is 0.188. The smallest absolute Gasteiger partial charge is 0.0885 e. The van der Waals surface area contributed by atoms with E-state index in [9.17, 15) is 4.57 Å². The molecule has 0 aliphatic heterocycles. The summed E-state index contributed by atoms with van der Waals surface area (Å²) in [6.45, 7) is 5.74. The Bertz CT molecular complexity index is 682. The Morgan fingerprint density at radius 1 is 0.426 bits per heavy atom. The summed E-state index contributed by atoms with van der Waals surface area (Å²) in [7, 11) is -2.97. The number of allylic oxidation sites excluding steroid dienone is 4. The Balaban J connectivity index is 3.91. The molecule has 0 atom stereocenters. The summed E-state index contributed by atoms with van der Waals surface area (Å²) in [4.78, 5) is 0. The molecule has 47 heavy (non-hydrogen) atoms. The topological polar surface area (TPSA) is 35.5 Å². The third-order valence-corrected chi connectivity index (χ3v) is 14.6. The van der Waals surface area contributed by atoms with Crippen LogP contribution >= 0.6 is 7.60 Å². The van der Waals surface area contributed by atoms with Gasteiger partial charge in [-0.05, 0) is 38.5 Å². The van der Waals surface area contributed by atoms with Crippen molar-refractivity contribution in [3.05, 3.63) is 24.3 Å². The minimum atomic E-state index is -2.97. The van der Waals surface area contributed by atoms with Gasteiger partial charge in [0.25, 0.3) is 0 Å². The molecule has 0 aliphatic carbocycles. The molecular formula is C42H85AsO3P+. The van der Waals surface area contributed by atoms with Gasteiger partial charge in [0.15, 0.2) is 0 Å². The molecule has 0 aromatic rings. The van der Waals surface area contributed by atoms with E-state index >= 15 is 0 Å². The first-order valence-corrected chi connectivity index (χ1v) is 29.5. The minimum absolute atomic E-state index is 0.585. The molecule has 0 aromatic heterocycles. The van der Waals surface area contributed by atoms with Crippen LogP contribution in [0.2, 0.25) is 22.3 Å². The summed E-state index contributed by atoms with van der Waals surface area (Å²) < 4.78 is 25.6. The monoisotopic (exact) mass is 744 g/mol. The molecule has 0 radical (unpaired) electrons. The van der Waals surface area contributed by atoms with Crippen molar-refractivity contribution >= 4 is 21.1 Å². The fourth-order valence-electron chi connectivity index (χ4n) is 6.01. The van der Waals surface area contributed by atoms with Gasteiger partial charge in [-0.1, -0.05) is 102 Å². The molecule has 0 rings (SSSR count). The number of unbranched alkanes of at least 4 members (excludes halogenated alkanes) is 24. The third kappa shape index (κ3) is 38.8. The van der Waals surface area contributed by atoms with E-state index in [-0.39, 0.29) is 0 Å². The quantitative estimate of drug-likeness (QED) is 0.0273. The van der Waals surface area contributed by atoms with Gasteiger partial charge in [0, 0.05) is 0 Å².